The lowest BCUT2D eigenvalue weighted by Crippen LogP contribution is -2.27. The van der Waals surface area contributed by atoms with Crippen molar-refractivity contribution in [1.29, 1.82) is 0 Å². The molecule has 0 spiro atoms. The van der Waals surface area contributed by atoms with Gasteiger partial charge in [0, 0.05) is 22.9 Å². The minimum Gasteiger partial charge on any atom is -0.497 e. The highest BCUT2D eigenvalue weighted by Gasteiger charge is 2.36. The first-order valence-corrected chi connectivity index (χ1v) is 10.7. The number of carbonyl (C=O) groups is 1. The molecule has 3 heterocycles. The Labute approximate surface area is 195 Å². The largest absolute Gasteiger partial charge is 0.497 e. The maximum atomic E-state index is 13.3. The van der Waals surface area contributed by atoms with Crippen molar-refractivity contribution >= 4 is 34.1 Å². The fourth-order valence-electron chi connectivity index (χ4n) is 3.99. The standard InChI is InChI=1S/C25H20ClN3O4/c1-31-17-8-3-6-15(12-17)19-14-20(29(28-19)25(30)22-10-5-11-33-22)18-13-16-7-4-9-21(32-2)23(16)27-24(18)26/h3-13,20H,14H2,1-2H3/t20-/m1/s1. The number of halogens is 1. The lowest BCUT2D eigenvalue weighted by atomic mass is 9.98. The number of hydrogen-bond acceptors (Lipinski definition) is 6. The molecule has 2 aromatic carbocycles. The smallest absolute Gasteiger partial charge is 0.310 e. The predicted molar refractivity (Wildman–Crippen MR) is 125 cm³/mol. The van der Waals surface area contributed by atoms with Gasteiger partial charge in [0.1, 0.15) is 22.2 Å². The number of carbonyl (C=O) groups excluding carboxylic acids is 1. The number of amides is 1. The molecule has 1 aliphatic rings. The van der Waals surface area contributed by atoms with Gasteiger partial charge in [-0.1, -0.05) is 35.9 Å². The second-order valence-electron chi connectivity index (χ2n) is 7.53. The Kier molecular flexibility index (Phi) is 5.48. The zero-order chi connectivity index (χ0) is 22.9. The zero-order valence-corrected chi connectivity index (χ0v) is 18.7. The van der Waals surface area contributed by atoms with E-state index in [0.717, 1.165) is 16.7 Å². The molecule has 0 N–H and O–H groups in total. The van der Waals surface area contributed by atoms with Gasteiger partial charge in [-0.25, -0.2) is 9.99 Å². The lowest BCUT2D eigenvalue weighted by Gasteiger charge is -2.22. The molecule has 0 unspecified atom stereocenters. The summed E-state index contributed by atoms with van der Waals surface area (Å²) in [6, 6.07) is 18.0. The summed E-state index contributed by atoms with van der Waals surface area (Å²) in [4.78, 5) is 17.9. The quantitative estimate of drug-likeness (QED) is 0.367. The first-order chi connectivity index (χ1) is 16.1. The van der Waals surface area contributed by atoms with Crippen molar-refractivity contribution in [2.75, 3.05) is 14.2 Å². The number of ether oxygens (including phenoxy) is 2. The number of aromatic nitrogens is 1. The molecule has 1 aliphatic heterocycles. The second kappa shape index (κ2) is 8.60. The molecule has 4 aromatic rings. The van der Waals surface area contributed by atoms with Crippen molar-refractivity contribution < 1.29 is 18.7 Å². The van der Waals surface area contributed by atoms with Crippen LogP contribution in [0.2, 0.25) is 5.15 Å². The van der Waals surface area contributed by atoms with E-state index in [9.17, 15) is 4.79 Å². The molecule has 0 saturated carbocycles. The Balaban J connectivity index is 1.61. The first kappa shape index (κ1) is 21.0. The number of pyridine rings is 1. The topological polar surface area (TPSA) is 77.2 Å². The maximum absolute atomic E-state index is 13.3. The Bertz CT molecular complexity index is 1370. The molecule has 166 valence electrons. The number of benzene rings is 2. The van der Waals surface area contributed by atoms with Gasteiger partial charge in [0.25, 0.3) is 0 Å². The molecule has 1 atom stereocenters. The number of hydrogen-bond donors (Lipinski definition) is 0. The van der Waals surface area contributed by atoms with Crippen molar-refractivity contribution in [3.63, 3.8) is 0 Å². The molecule has 0 saturated heterocycles. The minimum absolute atomic E-state index is 0.196. The third-order valence-corrected chi connectivity index (χ3v) is 5.92. The van der Waals surface area contributed by atoms with E-state index in [-0.39, 0.29) is 16.8 Å². The van der Waals surface area contributed by atoms with Crippen LogP contribution in [0.5, 0.6) is 11.5 Å². The van der Waals surface area contributed by atoms with Gasteiger partial charge >= 0.3 is 5.91 Å². The van der Waals surface area contributed by atoms with Gasteiger partial charge < -0.3 is 13.9 Å². The van der Waals surface area contributed by atoms with Gasteiger partial charge in [0.05, 0.1) is 32.2 Å². The Morgan fingerprint density at radius 1 is 1.09 bits per heavy atom. The summed E-state index contributed by atoms with van der Waals surface area (Å²) in [5.41, 5.74) is 2.95. The average molecular weight is 462 g/mol. The number of methoxy groups -OCH3 is 2. The highest BCUT2D eigenvalue weighted by atomic mass is 35.5. The monoisotopic (exact) mass is 461 g/mol. The van der Waals surface area contributed by atoms with Crippen molar-refractivity contribution in [2.45, 2.75) is 12.5 Å². The molecule has 8 heteroatoms. The first-order valence-electron chi connectivity index (χ1n) is 10.3. The molecule has 33 heavy (non-hydrogen) atoms. The van der Waals surface area contributed by atoms with Crippen LogP contribution in [0, 0.1) is 0 Å². The van der Waals surface area contributed by atoms with Crippen LogP contribution in [-0.2, 0) is 0 Å². The SMILES string of the molecule is COc1cccc(C2=NN(C(=O)c3ccco3)[C@@H](c3cc4cccc(OC)c4nc3Cl)C2)c1. The molecule has 0 aliphatic carbocycles. The second-order valence-corrected chi connectivity index (χ2v) is 7.88. The summed E-state index contributed by atoms with van der Waals surface area (Å²) >= 11 is 6.65. The molecule has 0 radical (unpaired) electrons. The average Bonchev–Trinajstić information content (AvgIpc) is 3.54. The summed E-state index contributed by atoms with van der Waals surface area (Å²) < 4.78 is 16.1. The molecule has 5 rings (SSSR count). The van der Waals surface area contributed by atoms with Gasteiger partial charge in [-0.15, -0.1) is 0 Å². The van der Waals surface area contributed by atoms with Crippen LogP contribution in [0.1, 0.15) is 34.1 Å². The number of rotatable bonds is 5. The van der Waals surface area contributed by atoms with Gasteiger partial charge in [-0.3, -0.25) is 4.79 Å². The number of para-hydroxylation sites is 1. The van der Waals surface area contributed by atoms with Gasteiger partial charge in [0.2, 0.25) is 0 Å². The Hall–Kier alpha value is -3.84. The number of nitrogens with zero attached hydrogens (tertiary/aromatic N) is 3. The summed E-state index contributed by atoms with van der Waals surface area (Å²) in [5.74, 6) is 1.18. The molecular formula is C25H20ClN3O4. The highest BCUT2D eigenvalue weighted by Crippen LogP contribution is 2.39. The number of hydrazone groups is 1. The van der Waals surface area contributed by atoms with Crippen molar-refractivity contribution in [1.82, 2.24) is 9.99 Å². The summed E-state index contributed by atoms with van der Waals surface area (Å²) in [7, 11) is 3.20. The summed E-state index contributed by atoms with van der Waals surface area (Å²) in [6.45, 7) is 0. The predicted octanol–water partition coefficient (Wildman–Crippen LogP) is 5.49. The summed E-state index contributed by atoms with van der Waals surface area (Å²) in [6.07, 6.45) is 1.92. The number of fused-ring (bicyclic) bond motifs is 1. The van der Waals surface area contributed by atoms with E-state index >= 15 is 0 Å². The fourth-order valence-corrected chi connectivity index (χ4v) is 4.26. The van der Waals surface area contributed by atoms with Gasteiger partial charge in [-0.2, -0.15) is 5.10 Å². The van der Waals surface area contributed by atoms with Gasteiger partial charge in [-0.05, 0) is 36.4 Å². The third-order valence-electron chi connectivity index (χ3n) is 5.62. The van der Waals surface area contributed by atoms with Crippen LogP contribution in [0.3, 0.4) is 0 Å². The van der Waals surface area contributed by atoms with E-state index in [0.29, 0.717) is 29.0 Å². The molecule has 7 nitrogen and oxygen atoms in total. The fraction of sp³-hybridized carbons (Fsp3) is 0.160. The van der Waals surface area contributed by atoms with Crippen molar-refractivity contribution in [3.05, 3.63) is 89.0 Å². The molecule has 0 bridgehead atoms. The lowest BCUT2D eigenvalue weighted by molar-refractivity contribution is 0.0678. The van der Waals surface area contributed by atoms with E-state index in [2.05, 4.69) is 10.1 Å². The van der Waals surface area contributed by atoms with E-state index in [4.69, 9.17) is 25.5 Å². The molecule has 0 fully saturated rings. The normalized spacial score (nSPS) is 15.5. The van der Waals surface area contributed by atoms with Crippen molar-refractivity contribution in [3.8, 4) is 11.5 Å². The van der Waals surface area contributed by atoms with Crippen LogP contribution in [-0.4, -0.2) is 35.8 Å². The molecule has 1 amide bonds. The van der Waals surface area contributed by atoms with E-state index < -0.39 is 6.04 Å². The van der Waals surface area contributed by atoms with Crippen molar-refractivity contribution in [2.24, 2.45) is 5.10 Å². The van der Waals surface area contributed by atoms with Crippen LogP contribution in [0.4, 0.5) is 0 Å². The van der Waals surface area contributed by atoms with Crippen LogP contribution < -0.4 is 9.47 Å². The zero-order valence-electron chi connectivity index (χ0n) is 18.0. The van der Waals surface area contributed by atoms with E-state index in [1.165, 1.54) is 11.3 Å². The van der Waals surface area contributed by atoms with Crippen LogP contribution in [0.15, 0.2) is 76.4 Å². The Morgan fingerprint density at radius 2 is 1.94 bits per heavy atom. The maximum Gasteiger partial charge on any atom is 0.310 e. The minimum atomic E-state index is -0.459. The highest BCUT2D eigenvalue weighted by molar-refractivity contribution is 6.30. The molecule has 2 aromatic heterocycles. The van der Waals surface area contributed by atoms with Crippen LogP contribution in [0.25, 0.3) is 10.9 Å². The third kappa shape index (κ3) is 3.81. The van der Waals surface area contributed by atoms with Gasteiger partial charge in [0.15, 0.2) is 5.76 Å². The van der Waals surface area contributed by atoms with Crippen LogP contribution >= 0.6 is 11.6 Å². The molecular weight excluding hydrogens is 442 g/mol. The summed E-state index contributed by atoms with van der Waals surface area (Å²) in [5, 5.41) is 7.24. The van der Waals surface area contributed by atoms with E-state index in [1.54, 1.807) is 26.4 Å². The Morgan fingerprint density at radius 3 is 2.70 bits per heavy atom. The van der Waals surface area contributed by atoms with E-state index in [1.807, 2.05) is 48.5 Å². The number of furan rings is 1.